The molecule has 3 nitrogen and oxygen atoms in total. The number of hydrogen-bond acceptors (Lipinski definition) is 3. The van der Waals surface area contributed by atoms with E-state index in [9.17, 15) is 5.11 Å². The van der Waals surface area contributed by atoms with Crippen LogP contribution in [0.5, 0.6) is 0 Å². The first kappa shape index (κ1) is 19.8. The molecule has 1 aliphatic carbocycles. The summed E-state index contributed by atoms with van der Waals surface area (Å²) in [6, 6.07) is 18.1. The van der Waals surface area contributed by atoms with Gasteiger partial charge in [-0.15, -0.1) is 0 Å². The molecule has 0 amide bonds. The van der Waals surface area contributed by atoms with Crippen LogP contribution in [-0.2, 0) is 4.74 Å². The molecular formula is C25H24ClNO2. The van der Waals surface area contributed by atoms with Crippen LogP contribution in [0.3, 0.4) is 0 Å². The number of hydrogen-bond donors (Lipinski definition) is 1. The molecule has 3 aromatic rings. The molecule has 2 atom stereocenters. The molecule has 0 bridgehead atoms. The van der Waals surface area contributed by atoms with Gasteiger partial charge in [0.1, 0.15) is 0 Å². The molecule has 1 aromatic heterocycles. The van der Waals surface area contributed by atoms with Gasteiger partial charge >= 0.3 is 0 Å². The van der Waals surface area contributed by atoms with Crippen molar-refractivity contribution in [2.75, 3.05) is 7.11 Å². The molecule has 1 heterocycles. The molecule has 4 rings (SSSR count). The van der Waals surface area contributed by atoms with Crippen molar-refractivity contribution in [1.82, 2.24) is 4.98 Å². The molecule has 1 N–H and O–H groups in total. The van der Waals surface area contributed by atoms with Crippen LogP contribution in [0, 0.1) is 11.8 Å². The first-order chi connectivity index (χ1) is 14.1. The van der Waals surface area contributed by atoms with Crippen LogP contribution in [0.4, 0.5) is 0 Å². The van der Waals surface area contributed by atoms with Gasteiger partial charge in [0.15, 0.2) is 6.29 Å². The number of ether oxygens (including phenoxy) is 1. The Kier molecular flexibility index (Phi) is 6.10. The van der Waals surface area contributed by atoms with Gasteiger partial charge in [0.25, 0.3) is 0 Å². The van der Waals surface area contributed by atoms with Crippen molar-refractivity contribution < 1.29 is 9.84 Å². The van der Waals surface area contributed by atoms with Gasteiger partial charge in [0.2, 0.25) is 0 Å². The number of aliphatic hydroxyl groups excluding tert-OH is 1. The fraction of sp³-hybridized carbons (Fsp3) is 0.240. The molecule has 2 unspecified atom stereocenters. The number of pyridine rings is 1. The van der Waals surface area contributed by atoms with E-state index < -0.39 is 6.29 Å². The fourth-order valence-corrected chi connectivity index (χ4v) is 3.66. The smallest absolute Gasteiger partial charge is 0.160 e. The van der Waals surface area contributed by atoms with Crippen LogP contribution < -0.4 is 0 Å². The third-order valence-electron chi connectivity index (χ3n) is 5.28. The fourth-order valence-electron chi connectivity index (χ4n) is 3.49. The van der Waals surface area contributed by atoms with E-state index in [2.05, 4.69) is 47.5 Å². The number of halogens is 1. The van der Waals surface area contributed by atoms with E-state index in [1.54, 1.807) is 7.11 Å². The number of aromatic nitrogens is 1. The Balaban J connectivity index is 1.50. The van der Waals surface area contributed by atoms with Crippen molar-refractivity contribution in [1.29, 1.82) is 0 Å². The highest BCUT2D eigenvalue weighted by Gasteiger charge is 2.34. The van der Waals surface area contributed by atoms with Gasteiger partial charge < -0.3 is 9.84 Å². The summed E-state index contributed by atoms with van der Waals surface area (Å²) in [5.74, 6) is 0.574. The standard InChI is InChI=1S/C25H24ClNO2/c1-29-25(28)23(19-7-8-19)14-6-18-4-2-3-17(15-18)5-12-22-13-10-20-9-11-21(26)16-24(20)27-22/h2-6,9-16,19,23,25,28H,7-8H2,1H3/b12-5+,14-6+. The Morgan fingerprint density at radius 1 is 1.03 bits per heavy atom. The van der Waals surface area contributed by atoms with Crippen LogP contribution in [-0.4, -0.2) is 23.5 Å². The predicted octanol–water partition coefficient (Wildman–Crippen LogP) is 6.06. The van der Waals surface area contributed by atoms with Crippen molar-refractivity contribution in [2.24, 2.45) is 11.8 Å². The van der Waals surface area contributed by atoms with Gasteiger partial charge in [-0.25, -0.2) is 4.98 Å². The maximum Gasteiger partial charge on any atom is 0.160 e. The number of fused-ring (bicyclic) bond motifs is 1. The van der Waals surface area contributed by atoms with Crippen molar-refractivity contribution in [3.8, 4) is 0 Å². The minimum absolute atomic E-state index is 0.0489. The number of methoxy groups -OCH3 is 1. The molecule has 2 aromatic carbocycles. The highest BCUT2D eigenvalue weighted by Crippen LogP contribution is 2.39. The van der Waals surface area contributed by atoms with E-state index in [0.717, 1.165) is 40.6 Å². The first-order valence-electron chi connectivity index (χ1n) is 9.86. The molecule has 0 aliphatic heterocycles. The summed E-state index contributed by atoms with van der Waals surface area (Å²) in [5.41, 5.74) is 3.96. The van der Waals surface area contributed by atoms with Crippen LogP contribution in [0.2, 0.25) is 5.02 Å². The Morgan fingerprint density at radius 2 is 1.79 bits per heavy atom. The second-order valence-electron chi connectivity index (χ2n) is 7.48. The minimum Gasteiger partial charge on any atom is -0.367 e. The van der Waals surface area contributed by atoms with Gasteiger partial charge in [-0.3, -0.25) is 0 Å². The summed E-state index contributed by atoms with van der Waals surface area (Å²) in [6.07, 6.45) is 9.77. The molecule has 1 saturated carbocycles. The van der Waals surface area contributed by atoms with E-state index in [1.165, 1.54) is 0 Å². The second kappa shape index (κ2) is 8.91. The zero-order chi connectivity index (χ0) is 20.2. The van der Waals surface area contributed by atoms with Crippen molar-refractivity contribution in [2.45, 2.75) is 19.1 Å². The van der Waals surface area contributed by atoms with Crippen LogP contribution in [0.15, 0.2) is 60.7 Å². The highest BCUT2D eigenvalue weighted by molar-refractivity contribution is 6.31. The maximum atomic E-state index is 10.1. The summed E-state index contributed by atoms with van der Waals surface area (Å²) < 4.78 is 5.13. The maximum absolute atomic E-state index is 10.1. The molecular weight excluding hydrogens is 382 g/mol. The Morgan fingerprint density at radius 3 is 2.55 bits per heavy atom. The number of benzene rings is 2. The lowest BCUT2D eigenvalue weighted by Crippen LogP contribution is -2.22. The Labute approximate surface area is 176 Å². The summed E-state index contributed by atoms with van der Waals surface area (Å²) >= 11 is 6.08. The third kappa shape index (κ3) is 5.13. The van der Waals surface area contributed by atoms with Crippen molar-refractivity contribution in [3.63, 3.8) is 0 Å². The summed E-state index contributed by atoms with van der Waals surface area (Å²) in [5, 5.41) is 11.8. The summed E-state index contributed by atoms with van der Waals surface area (Å²) in [6.45, 7) is 0. The number of rotatable bonds is 7. The average molecular weight is 406 g/mol. The van der Waals surface area contributed by atoms with Gasteiger partial charge in [-0.05, 0) is 60.2 Å². The first-order valence-corrected chi connectivity index (χ1v) is 10.2. The van der Waals surface area contributed by atoms with E-state index >= 15 is 0 Å². The molecule has 1 aliphatic rings. The molecule has 1 fully saturated rings. The second-order valence-corrected chi connectivity index (χ2v) is 7.91. The molecule has 4 heteroatoms. The van der Waals surface area contributed by atoms with Gasteiger partial charge in [-0.1, -0.05) is 60.2 Å². The zero-order valence-electron chi connectivity index (χ0n) is 16.3. The normalized spacial score (nSPS) is 16.7. The Hall–Kier alpha value is -2.46. The topological polar surface area (TPSA) is 42.4 Å². The largest absolute Gasteiger partial charge is 0.367 e. The summed E-state index contributed by atoms with van der Waals surface area (Å²) in [7, 11) is 1.55. The van der Waals surface area contributed by atoms with Crippen LogP contribution in [0.25, 0.3) is 29.1 Å². The van der Waals surface area contributed by atoms with E-state index in [0.29, 0.717) is 10.9 Å². The molecule has 29 heavy (non-hydrogen) atoms. The van der Waals surface area contributed by atoms with Crippen LogP contribution in [0.1, 0.15) is 29.7 Å². The van der Waals surface area contributed by atoms with Crippen molar-refractivity contribution in [3.05, 3.63) is 82.5 Å². The average Bonchev–Trinajstić information content (AvgIpc) is 3.57. The third-order valence-corrected chi connectivity index (χ3v) is 5.52. The van der Waals surface area contributed by atoms with Gasteiger partial charge in [0.05, 0.1) is 11.2 Å². The minimum atomic E-state index is -0.741. The lowest BCUT2D eigenvalue weighted by atomic mass is 10.0. The van der Waals surface area contributed by atoms with Gasteiger partial charge in [0, 0.05) is 23.4 Å². The zero-order valence-corrected chi connectivity index (χ0v) is 17.1. The lowest BCUT2D eigenvalue weighted by Gasteiger charge is -2.17. The molecule has 0 spiro atoms. The number of nitrogens with zero attached hydrogens (tertiary/aromatic N) is 1. The van der Waals surface area contributed by atoms with E-state index in [4.69, 9.17) is 16.3 Å². The molecule has 0 radical (unpaired) electrons. The van der Waals surface area contributed by atoms with Crippen LogP contribution >= 0.6 is 11.6 Å². The summed E-state index contributed by atoms with van der Waals surface area (Å²) in [4.78, 5) is 4.66. The van der Waals surface area contributed by atoms with Gasteiger partial charge in [-0.2, -0.15) is 0 Å². The monoisotopic (exact) mass is 405 g/mol. The SMILES string of the molecule is COC(O)C(/C=C/c1cccc(/C=C/c2ccc3ccc(Cl)cc3n2)c1)C1CC1. The molecule has 0 saturated heterocycles. The predicted molar refractivity (Wildman–Crippen MR) is 120 cm³/mol. The van der Waals surface area contributed by atoms with E-state index in [1.807, 2.05) is 36.4 Å². The molecule has 148 valence electrons. The van der Waals surface area contributed by atoms with Crippen molar-refractivity contribution >= 4 is 40.7 Å². The van der Waals surface area contributed by atoms with E-state index in [-0.39, 0.29) is 5.92 Å². The Bertz CT molecular complexity index is 1060. The lowest BCUT2D eigenvalue weighted by molar-refractivity contribution is -0.105. The quantitative estimate of drug-likeness (QED) is 0.485. The number of aliphatic hydroxyl groups is 1. The highest BCUT2D eigenvalue weighted by atomic mass is 35.5.